The molecule has 3 rings (SSSR count). The number of methoxy groups -OCH3 is 1. The summed E-state index contributed by atoms with van der Waals surface area (Å²) in [6.07, 6.45) is 9.00. The second-order valence-electron chi connectivity index (χ2n) is 5.05. The van der Waals surface area contributed by atoms with Crippen molar-refractivity contribution in [1.82, 2.24) is 4.98 Å². The van der Waals surface area contributed by atoms with Gasteiger partial charge in [-0.3, -0.25) is 0 Å². The topological polar surface area (TPSA) is 25.0 Å². The molecule has 0 radical (unpaired) electrons. The van der Waals surface area contributed by atoms with Crippen molar-refractivity contribution in [2.45, 2.75) is 32.1 Å². The van der Waals surface area contributed by atoms with Crippen LogP contribution in [0.15, 0.2) is 24.4 Å². The number of hydrogen-bond acceptors (Lipinski definition) is 1. The molecule has 2 aromatic rings. The fourth-order valence-corrected chi connectivity index (χ4v) is 3.05. The van der Waals surface area contributed by atoms with Gasteiger partial charge in [-0.1, -0.05) is 37.8 Å². The van der Waals surface area contributed by atoms with Crippen LogP contribution in [0.5, 0.6) is 5.75 Å². The molecule has 0 spiro atoms. The van der Waals surface area contributed by atoms with E-state index in [9.17, 15) is 0 Å². The minimum absolute atomic E-state index is 0.889. The zero-order valence-corrected chi connectivity index (χ0v) is 10.3. The van der Waals surface area contributed by atoms with Gasteiger partial charge in [-0.05, 0) is 24.0 Å². The van der Waals surface area contributed by atoms with Crippen LogP contribution < -0.4 is 4.74 Å². The Morgan fingerprint density at radius 2 is 2.12 bits per heavy atom. The Hall–Kier alpha value is -1.44. The van der Waals surface area contributed by atoms with E-state index in [2.05, 4.69) is 23.3 Å². The van der Waals surface area contributed by atoms with E-state index in [-0.39, 0.29) is 0 Å². The lowest BCUT2D eigenvalue weighted by atomic mass is 9.98. The number of nitrogens with one attached hydrogen (secondary N) is 1. The number of aromatic amines is 1. The monoisotopic (exact) mass is 229 g/mol. The van der Waals surface area contributed by atoms with Crippen LogP contribution in [0.3, 0.4) is 0 Å². The average Bonchev–Trinajstić information content (AvgIpc) is 2.99. The molecular weight excluding hydrogens is 210 g/mol. The molecule has 0 saturated heterocycles. The fourth-order valence-electron chi connectivity index (χ4n) is 3.05. The minimum Gasteiger partial charge on any atom is -0.495 e. The van der Waals surface area contributed by atoms with Crippen LogP contribution in [0.2, 0.25) is 0 Å². The van der Waals surface area contributed by atoms with Crippen molar-refractivity contribution < 1.29 is 4.74 Å². The number of H-pyrrole nitrogens is 1. The maximum Gasteiger partial charge on any atom is 0.142 e. The predicted octanol–water partition coefficient (Wildman–Crippen LogP) is 3.91. The Morgan fingerprint density at radius 3 is 2.88 bits per heavy atom. The lowest BCUT2D eigenvalue weighted by Gasteiger charge is -2.07. The maximum atomic E-state index is 5.38. The molecule has 0 atom stereocenters. The predicted molar refractivity (Wildman–Crippen MR) is 70.5 cm³/mol. The molecule has 2 nitrogen and oxygen atoms in total. The zero-order chi connectivity index (χ0) is 11.7. The van der Waals surface area contributed by atoms with E-state index in [4.69, 9.17) is 4.74 Å². The van der Waals surface area contributed by atoms with Gasteiger partial charge in [0.1, 0.15) is 5.75 Å². The Bertz CT molecular complexity index is 509. The number of aromatic nitrogens is 1. The van der Waals surface area contributed by atoms with Crippen LogP contribution in [0.25, 0.3) is 10.9 Å². The second-order valence-corrected chi connectivity index (χ2v) is 5.05. The summed E-state index contributed by atoms with van der Waals surface area (Å²) in [5, 5.41) is 1.33. The summed E-state index contributed by atoms with van der Waals surface area (Å²) < 4.78 is 5.38. The maximum absolute atomic E-state index is 5.38. The molecule has 0 amide bonds. The summed E-state index contributed by atoms with van der Waals surface area (Å²) >= 11 is 0. The number of benzene rings is 1. The molecule has 1 aromatic carbocycles. The Morgan fingerprint density at radius 1 is 1.29 bits per heavy atom. The van der Waals surface area contributed by atoms with Crippen LogP contribution in [-0.4, -0.2) is 12.1 Å². The SMILES string of the molecule is COc1cccc2c(CC3CCCC3)c[nH]c12. The van der Waals surface area contributed by atoms with Gasteiger partial charge >= 0.3 is 0 Å². The van der Waals surface area contributed by atoms with Crippen molar-refractivity contribution in [1.29, 1.82) is 0 Å². The quantitative estimate of drug-likeness (QED) is 0.848. The van der Waals surface area contributed by atoms with Crippen LogP contribution in [-0.2, 0) is 6.42 Å². The molecule has 2 heteroatoms. The first kappa shape index (κ1) is 10.7. The van der Waals surface area contributed by atoms with Crippen LogP contribution in [0, 0.1) is 5.92 Å². The van der Waals surface area contributed by atoms with E-state index in [0.29, 0.717) is 0 Å². The van der Waals surface area contributed by atoms with Gasteiger partial charge < -0.3 is 9.72 Å². The van der Waals surface area contributed by atoms with Gasteiger partial charge in [0.25, 0.3) is 0 Å². The largest absolute Gasteiger partial charge is 0.495 e. The molecule has 1 aliphatic carbocycles. The van der Waals surface area contributed by atoms with Crippen molar-refractivity contribution in [2.75, 3.05) is 7.11 Å². The third-order valence-corrected chi connectivity index (χ3v) is 3.97. The minimum atomic E-state index is 0.889. The fraction of sp³-hybridized carbons (Fsp3) is 0.467. The summed E-state index contributed by atoms with van der Waals surface area (Å²) in [5.74, 6) is 1.83. The molecule has 0 bridgehead atoms. The van der Waals surface area contributed by atoms with E-state index in [1.54, 1.807) is 7.11 Å². The Balaban J connectivity index is 1.94. The highest BCUT2D eigenvalue weighted by Gasteiger charge is 2.17. The third-order valence-electron chi connectivity index (χ3n) is 3.97. The van der Waals surface area contributed by atoms with Crippen molar-refractivity contribution in [3.8, 4) is 5.75 Å². The highest BCUT2D eigenvalue weighted by Crippen LogP contribution is 2.32. The van der Waals surface area contributed by atoms with Gasteiger partial charge in [0.05, 0.1) is 12.6 Å². The standard InChI is InChI=1S/C15H19NO/c1-17-14-8-4-7-13-12(10-16-15(13)14)9-11-5-2-3-6-11/h4,7-8,10-11,16H,2-3,5-6,9H2,1H3. The van der Waals surface area contributed by atoms with Gasteiger partial charge in [-0.2, -0.15) is 0 Å². The molecule has 1 aromatic heterocycles. The van der Waals surface area contributed by atoms with Crippen molar-refractivity contribution >= 4 is 10.9 Å². The van der Waals surface area contributed by atoms with Gasteiger partial charge in [0, 0.05) is 11.6 Å². The molecule has 90 valence electrons. The molecular formula is C15H19NO. The molecule has 1 fully saturated rings. The highest BCUT2D eigenvalue weighted by atomic mass is 16.5. The third kappa shape index (κ3) is 1.92. The molecule has 1 heterocycles. The number of ether oxygens (including phenoxy) is 1. The Labute approximate surface area is 102 Å². The molecule has 0 unspecified atom stereocenters. The number of hydrogen-bond donors (Lipinski definition) is 1. The normalized spacial score (nSPS) is 16.8. The first-order valence-electron chi connectivity index (χ1n) is 6.51. The average molecular weight is 229 g/mol. The molecule has 17 heavy (non-hydrogen) atoms. The van der Waals surface area contributed by atoms with Crippen LogP contribution >= 0.6 is 0 Å². The van der Waals surface area contributed by atoms with E-state index < -0.39 is 0 Å². The molecule has 1 saturated carbocycles. The number of para-hydroxylation sites is 1. The summed E-state index contributed by atoms with van der Waals surface area (Å²) in [6, 6.07) is 6.28. The van der Waals surface area contributed by atoms with E-state index in [1.165, 1.54) is 43.1 Å². The van der Waals surface area contributed by atoms with E-state index in [1.807, 2.05) is 6.07 Å². The summed E-state index contributed by atoms with van der Waals surface area (Å²) in [4.78, 5) is 3.36. The van der Waals surface area contributed by atoms with Crippen molar-refractivity contribution in [3.63, 3.8) is 0 Å². The number of fused-ring (bicyclic) bond motifs is 1. The van der Waals surface area contributed by atoms with E-state index in [0.717, 1.165) is 17.2 Å². The first-order valence-corrected chi connectivity index (χ1v) is 6.51. The zero-order valence-electron chi connectivity index (χ0n) is 10.3. The van der Waals surface area contributed by atoms with Gasteiger partial charge in [0.2, 0.25) is 0 Å². The summed E-state index contributed by atoms with van der Waals surface area (Å²) in [6.45, 7) is 0. The highest BCUT2D eigenvalue weighted by molar-refractivity contribution is 5.88. The van der Waals surface area contributed by atoms with Crippen LogP contribution in [0.4, 0.5) is 0 Å². The molecule has 0 aliphatic heterocycles. The smallest absolute Gasteiger partial charge is 0.142 e. The summed E-state index contributed by atoms with van der Waals surface area (Å²) in [5.41, 5.74) is 2.59. The lowest BCUT2D eigenvalue weighted by molar-refractivity contribution is 0.419. The second kappa shape index (κ2) is 4.44. The molecule has 1 aliphatic rings. The van der Waals surface area contributed by atoms with Crippen molar-refractivity contribution in [2.24, 2.45) is 5.92 Å². The Kier molecular flexibility index (Phi) is 2.79. The van der Waals surface area contributed by atoms with Gasteiger partial charge in [-0.15, -0.1) is 0 Å². The van der Waals surface area contributed by atoms with Gasteiger partial charge in [0.15, 0.2) is 0 Å². The summed E-state index contributed by atoms with van der Waals surface area (Å²) in [7, 11) is 1.73. The first-order chi connectivity index (χ1) is 8.38. The van der Waals surface area contributed by atoms with E-state index >= 15 is 0 Å². The van der Waals surface area contributed by atoms with Crippen molar-refractivity contribution in [3.05, 3.63) is 30.0 Å². The number of rotatable bonds is 3. The molecule has 1 N–H and O–H groups in total. The lowest BCUT2D eigenvalue weighted by Crippen LogP contribution is -1.97. The van der Waals surface area contributed by atoms with Gasteiger partial charge in [-0.25, -0.2) is 0 Å². The van der Waals surface area contributed by atoms with Crippen LogP contribution in [0.1, 0.15) is 31.2 Å².